The van der Waals surface area contributed by atoms with Crippen LogP contribution in [0.3, 0.4) is 0 Å². The largest absolute Gasteiger partial charge is 0.381 e. The normalized spacial score (nSPS) is 19.2. The molecule has 0 saturated heterocycles. The van der Waals surface area contributed by atoms with E-state index in [0.717, 1.165) is 30.0 Å². The van der Waals surface area contributed by atoms with E-state index in [-0.39, 0.29) is 0 Å². The van der Waals surface area contributed by atoms with Crippen LogP contribution in [0.15, 0.2) is 12.1 Å². The van der Waals surface area contributed by atoms with Crippen LogP contribution in [0.5, 0.6) is 0 Å². The van der Waals surface area contributed by atoms with Crippen molar-refractivity contribution in [3.05, 3.63) is 28.3 Å². The van der Waals surface area contributed by atoms with Gasteiger partial charge in [-0.1, -0.05) is 17.7 Å². The number of nitrogens with two attached hydrogens (primary N) is 1. The number of anilines is 1. The molecule has 1 aromatic carbocycles. The Kier molecular flexibility index (Phi) is 2.66. The van der Waals surface area contributed by atoms with Crippen LogP contribution in [-0.4, -0.2) is 12.6 Å². The van der Waals surface area contributed by atoms with Gasteiger partial charge in [-0.05, 0) is 43.5 Å². The van der Waals surface area contributed by atoms with Gasteiger partial charge in [-0.25, -0.2) is 0 Å². The number of benzene rings is 1. The van der Waals surface area contributed by atoms with Gasteiger partial charge in [0.1, 0.15) is 0 Å². The van der Waals surface area contributed by atoms with Gasteiger partial charge in [0.05, 0.1) is 0 Å². The fourth-order valence-corrected chi connectivity index (χ4v) is 2.17. The highest BCUT2D eigenvalue weighted by molar-refractivity contribution is 6.31. The van der Waals surface area contributed by atoms with Gasteiger partial charge in [0, 0.05) is 16.8 Å². The summed E-state index contributed by atoms with van der Waals surface area (Å²) in [5.41, 5.74) is 9.29. The number of hydrogen-bond acceptors (Lipinski definition) is 2. The fraction of sp³-hybridized carbons (Fsp3) is 0.455. The third-order valence-corrected chi connectivity index (χ3v) is 3.22. The van der Waals surface area contributed by atoms with Gasteiger partial charge in [-0.2, -0.15) is 0 Å². The molecule has 1 aromatic rings. The zero-order valence-corrected chi connectivity index (χ0v) is 9.06. The van der Waals surface area contributed by atoms with Crippen LogP contribution in [0.1, 0.15) is 17.5 Å². The first-order valence-corrected chi connectivity index (χ1v) is 5.34. The van der Waals surface area contributed by atoms with Crippen LogP contribution in [0, 0.1) is 6.92 Å². The maximum Gasteiger partial charge on any atom is 0.0455 e. The summed E-state index contributed by atoms with van der Waals surface area (Å²) in [5.74, 6) is 0. The lowest BCUT2D eigenvalue weighted by Crippen LogP contribution is -2.19. The second-order valence-corrected chi connectivity index (χ2v) is 4.24. The van der Waals surface area contributed by atoms with Gasteiger partial charge in [0.2, 0.25) is 0 Å². The number of halogens is 1. The van der Waals surface area contributed by atoms with Crippen molar-refractivity contribution in [2.75, 3.05) is 11.9 Å². The average Bonchev–Trinajstić information content (AvgIpc) is 2.56. The van der Waals surface area contributed by atoms with Crippen molar-refractivity contribution < 1.29 is 0 Å². The first-order valence-electron chi connectivity index (χ1n) is 4.97. The molecule has 0 radical (unpaired) electrons. The summed E-state index contributed by atoms with van der Waals surface area (Å²) in [4.78, 5) is 0. The zero-order chi connectivity index (χ0) is 10.1. The van der Waals surface area contributed by atoms with Crippen LogP contribution < -0.4 is 11.1 Å². The molecule has 0 aromatic heterocycles. The molecule has 2 nitrogen and oxygen atoms in total. The van der Waals surface area contributed by atoms with E-state index in [4.69, 9.17) is 17.3 Å². The molecule has 1 unspecified atom stereocenters. The molecule has 2 rings (SSSR count). The molecule has 0 fully saturated rings. The Hall–Kier alpha value is -0.730. The standard InChI is InChI=1S/C11H15ClN2/c1-7-10(12)3-2-8-6-9(4-5-13)14-11(7)8/h2-3,9,14H,4-6,13H2,1H3. The zero-order valence-electron chi connectivity index (χ0n) is 8.31. The minimum atomic E-state index is 0.493. The van der Waals surface area contributed by atoms with Crippen molar-refractivity contribution in [3.63, 3.8) is 0 Å². The molecule has 0 amide bonds. The first kappa shape index (κ1) is 9.81. The predicted octanol–water partition coefficient (Wildman–Crippen LogP) is 2.33. The second kappa shape index (κ2) is 3.79. The quantitative estimate of drug-likeness (QED) is 0.787. The van der Waals surface area contributed by atoms with Crippen molar-refractivity contribution in [2.45, 2.75) is 25.8 Å². The van der Waals surface area contributed by atoms with Crippen molar-refractivity contribution in [2.24, 2.45) is 5.73 Å². The lowest BCUT2D eigenvalue weighted by Gasteiger charge is -2.10. The molecular formula is C11H15ClN2. The Morgan fingerprint density at radius 1 is 1.57 bits per heavy atom. The monoisotopic (exact) mass is 210 g/mol. The highest BCUT2D eigenvalue weighted by atomic mass is 35.5. The number of nitrogens with one attached hydrogen (secondary N) is 1. The van der Waals surface area contributed by atoms with Crippen molar-refractivity contribution >= 4 is 17.3 Å². The maximum absolute atomic E-state index is 6.05. The molecule has 0 spiro atoms. The van der Waals surface area contributed by atoms with E-state index in [1.165, 1.54) is 11.3 Å². The third-order valence-electron chi connectivity index (χ3n) is 2.82. The summed E-state index contributed by atoms with van der Waals surface area (Å²) in [6.45, 7) is 2.79. The Morgan fingerprint density at radius 2 is 2.36 bits per heavy atom. The van der Waals surface area contributed by atoms with Crippen molar-refractivity contribution in [1.82, 2.24) is 0 Å². The first-order chi connectivity index (χ1) is 6.72. The molecule has 1 aliphatic rings. The third kappa shape index (κ3) is 1.60. The minimum absolute atomic E-state index is 0.493. The smallest absolute Gasteiger partial charge is 0.0455 e. The highest BCUT2D eigenvalue weighted by Gasteiger charge is 2.21. The van der Waals surface area contributed by atoms with Crippen LogP contribution >= 0.6 is 11.6 Å². The van der Waals surface area contributed by atoms with Crippen LogP contribution in [0.2, 0.25) is 5.02 Å². The Bertz CT molecular complexity index is 349. The summed E-state index contributed by atoms with van der Waals surface area (Å²) >= 11 is 6.05. The molecule has 14 heavy (non-hydrogen) atoms. The Balaban J connectivity index is 2.26. The van der Waals surface area contributed by atoms with Gasteiger partial charge < -0.3 is 11.1 Å². The second-order valence-electron chi connectivity index (χ2n) is 3.83. The summed E-state index contributed by atoms with van der Waals surface area (Å²) in [5, 5.41) is 4.32. The molecule has 0 aliphatic carbocycles. The highest BCUT2D eigenvalue weighted by Crippen LogP contribution is 2.33. The van der Waals surface area contributed by atoms with Crippen molar-refractivity contribution in [3.8, 4) is 0 Å². The van der Waals surface area contributed by atoms with E-state index >= 15 is 0 Å². The molecule has 0 bridgehead atoms. The van der Waals surface area contributed by atoms with Gasteiger partial charge in [0.25, 0.3) is 0 Å². The molecular weight excluding hydrogens is 196 g/mol. The molecule has 76 valence electrons. The fourth-order valence-electron chi connectivity index (χ4n) is 2.01. The van der Waals surface area contributed by atoms with Gasteiger partial charge >= 0.3 is 0 Å². The summed E-state index contributed by atoms with van der Waals surface area (Å²) < 4.78 is 0. The van der Waals surface area contributed by atoms with Crippen LogP contribution in [-0.2, 0) is 6.42 Å². The lowest BCUT2D eigenvalue weighted by molar-refractivity contribution is 0.684. The lowest BCUT2D eigenvalue weighted by atomic mass is 10.1. The summed E-state index contributed by atoms with van der Waals surface area (Å²) in [6.07, 6.45) is 2.09. The minimum Gasteiger partial charge on any atom is -0.381 e. The average molecular weight is 211 g/mol. The van der Waals surface area contributed by atoms with E-state index in [1.54, 1.807) is 0 Å². The van der Waals surface area contributed by atoms with E-state index in [0.29, 0.717) is 6.04 Å². The molecule has 0 saturated carbocycles. The van der Waals surface area contributed by atoms with Crippen molar-refractivity contribution in [1.29, 1.82) is 0 Å². The van der Waals surface area contributed by atoms with Gasteiger partial charge in [-0.3, -0.25) is 0 Å². The maximum atomic E-state index is 6.05. The molecule has 1 aliphatic heterocycles. The van der Waals surface area contributed by atoms with Gasteiger partial charge in [0.15, 0.2) is 0 Å². The summed E-state index contributed by atoms with van der Waals surface area (Å²) in [6, 6.07) is 4.57. The topological polar surface area (TPSA) is 38.0 Å². The summed E-state index contributed by atoms with van der Waals surface area (Å²) in [7, 11) is 0. The number of fused-ring (bicyclic) bond motifs is 1. The van der Waals surface area contributed by atoms with E-state index in [1.807, 2.05) is 6.07 Å². The van der Waals surface area contributed by atoms with Crippen LogP contribution in [0.25, 0.3) is 0 Å². The van der Waals surface area contributed by atoms with E-state index < -0.39 is 0 Å². The van der Waals surface area contributed by atoms with Gasteiger partial charge in [-0.15, -0.1) is 0 Å². The molecule has 3 heteroatoms. The van der Waals surface area contributed by atoms with Crippen LogP contribution in [0.4, 0.5) is 5.69 Å². The Labute approximate surface area is 89.4 Å². The van der Waals surface area contributed by atoms with E-state index in [2.05, 4.69) is 18.3 Å². The SMILES string of the molecule is Cc1c(Cl)ccc2c1NC(CCN)C2. The van der Waals surface area contributed by atoms with E-state index in [9.17, 15) is 0 Å². The number of hydrogen-bond donors (Lipinski definition) is 2. The predicted molar refractivity (Wildman–Crippen MR) is 61.0 cm³/mol. The molecule has 1 heterocycles. The molecule has 3 N–H and O–H groups in total. The molecule has 1 atom stereocenters. The number of rotatable bonds is 2. The Morgan fingerprint density at radius 3 is 3.07 bits per heavy atom.